The zero-order valence-corrected chi connectivity index (χ0v) is 13.2. The average molecular weight is 304 g/mol. The first kappa shape index (κ1) is 16.6. The van der Waals surface area contributed by atoms with E-state index in [0.717, 1.165) is 18.4 Å². The van der Waals surface area contributed by atoms with Crippen LogP contribution in [0.15, 0.2) is 24.0 Å². The van der Waals surface area contributed by atoms with Gasteiger partial charge in [-0.2, -0.15) is 0 Å². The van der Waals surface area contributed by atoms with Crippen molar-refractivity contribution in [3.05, 3.63) is 24.0 Å². The molecule has 0 aliphatic rings. The van der Waals surface area contributed by atoms with Crippen LogP contribution in [0.25, 0.3) is 0 Å². The van der Waals surface area contributed by atoms with Gasteiger partial charge in [-0.05, 0) is 31.9 Å². The third-order valence-corrected chi connectivity index (χ3v) is 2.50. The SMILES string of the molecule is CCC/C(=C\C=C\OC(C)(C)P)C(Cl)(Cl)Cl. The van der Waals surface area contributed by atoms with Gasteiger partial charge in [0.2, 0.25) is 3.79 Å². The molecule has 0 aromatic heterocycles. The summed E-state index contributed by atoms with van der Waals surface area (Å²) in [6.45, 7) is 5.91. The minimum Gasteiger partial charge on any atom is -0.492 e. The highest BCUT2D eigenvalue weighted by atomic mass is 35.6. The monoisotopic (exact) mass is 302 g/mol. The summed E-state index contributed by atoms with van der Waals surface area (Å²) in [6, 6.07) is 0. The van der Waals surface area contributed by atoms with Crippen LogP contribution in [0, 0.1) is 0 Å². The predicted molar refractivity (Wildman–Crippen MR) is 77.3 cm³/mol. The third-order valence-electron chi connectivity index (χ3n) is 1.63. The van der Waals surface area contributed by atoms with Gasteiger partial charge < -0.3 is 4.74 Å². The van der Waals surface area contributed by atoms with Gasteiger partial charge in [0.25, 0.3) is 0 Å². The summed E-state index contributed by atoms with van der Waals surface area (Å²) in [7, 11) is 2.58. The van der Waals surface area contributed by atoms with E-state index in [1.54, 1.807) is 18.4 Å². The molecule has 1 nitrogen and oxygen atoms in total. The van der Waals surface area contributed by atoms with Crippen molar-refractivity contribution in [2.45, 2.75) is 42.7 Å². The Morgan fingerprint density at radius 2 is 1.88 bits per heavy atom. The molecular formula is C11H18Cl3OP. The van der Waals surface area contributed by atoms with E-state index in [1.165, 1.54) is 0 Å². The molecule has 0 aromatic rings. The van der Waals surface area contributed by atoms with Gasteiger partial charge in [0.1, 0.15) is 5.34 Å². The van der Waals surface area contributed by atoms with Crippen LogP contribution in [-0.4, -0.2) is 9.13 Å². The molecule has 0 aliphatic carbocycles. The molecule has 1 atom stereocenters. The number of hydrogen-bond acceptors (Lipinski definition) is 1. The highest BCUT2D eigenvalue weighted by molar-refractivity contribution is 7.18. The summed E-state index contributed by atoms with van der Waals surface area (Å²) in [5.74, 6) is 0. The van der Waals surface area contributed by atoms with Gasteiger partial charge in [-0.25, -0.2) is 0 Å². The molecule has 0 heterocycles. The molecule has 0 saturated carbocycles. The maximum atomic E-state index is 5.83. The highest BCUT2D eigenvalue weighted by Gasteiger charge is 2.24. The largest absolute Gasteiger partial charge is 0.492 e. The van der Waals surface area contributed by atoms with E-state index in [1.807, 2.05) is 20.8 Å². The van der Waals surface area contributed by atoms with Gasteiger partial charge in [0, 0.05) is 0 Å². The number of alkyl halides is 3. The molecule has 1 unspecified atom stereocenters. The van der Waals surface area contributed by atoms with Crippen molar-refractivity contribution in [2.24, 2.45) is 0 Å². The first-order valence-electron chi connectivity index (χ1n) is 5.06. The Kier molecular flexibility index (Phi) is 7.37. The Labute approximate surface area is 115 Å². The molecule has 0 rings (SSSR count). The number of allylic oxidation sites excluding steroid dienone is 3. The third kappa shape index (κ3) is 8.70. The molecule has 0 spiro atoms. The second-order valence-corrected chi connectivity index (χ2v) is 7.66. The molecule has 0 bridgehead atoms. The molecule has 94 valence electrons. The average Bonchev–Trinajstić information content (AvgIpc) is 2.06. The van der Waals surface area contributed by atoms with Crippen molar-refractivity contribution in [1.29, 1.82) is 0 Å². The molecule has 0 saturated heterocycles. The van der Waals surface area contributed by atoms with E-state index >= 15 is 0 Å². The number of hydrogen-bond donors (Lipinski definition) is 0. The van der Waals surface area contributed by atoms with E-state index in [2.05, 4.69) is 9.24 Å². The predicted octanol–water partition coefficient (Wildman–Crippen LogP) is 5.22. The van der Waals surface area contributed by atoms with Crippen molar-refractivity contribution in [3.63, 3.8) is 0 Å². The van der Waals surface area contributed by atoms with Gasteiger partial charge in [-0.15, -0.1) is 0 Å². The van der Waals surface area contributed by atoms with Crippen molar-refractivity contribution < 1.29 is 4.74 Å². The van der Waals surface area contributed by atoms with E-state index in [9.17, 15) is 0 Å². The Hall–Kier alpha value is 0.580. The Morgan fingerprint density at radius 3 is 2.25 bits per heavy atom. The highest BCUT2D eigenvalue weighted by Crippen LogP contribution is 2.37. The van der Waals surface area contributed by atoms with Gasteiger partial charge in [-0.1, -0.05) is 63.5 Å². The molecule has 0 radical (unpaired) electrons. The van der Waals surface area contributed by atoms with E-state index in [0.29, 0.717) is 0 Å². The minimum absolute atomic E-state index is 0.282. The maximum Gasteiger partial charge on any atom is 0.212 e. The molecular weight excluding hydrogens is 285 g/mol. The fourth-order valence-electron chi connectivity index (χ4n) is 0.959. The molecule has 0 aliphatic heterocycles. The molecule has 0 aromatic carbocycles. The van der Waals surface area contributed by atoms with Gasteiger partial charge >= 0.3 is 0 Å². The lowest BCUT2D eigenvalue weighted by atomic mass is 10.1. The van der Waals surface area contributed by atoms with Crippen molar-refractivity contribution in [1.82, 2.24) is 0 Å². The molecule has 16 heavy (non-hydrogen) atoms. The van der Waals surface area contributed by atoms with E-state index < -0.39 is 3.79 Å². The van der Waals surface area contributed by atoms with Crippen molar-refractivity contribution in [3.8, 4) is 0 Å². The topological polar surface area (TPSA) is 9.23 Å². The maximum absolute atomic E-state index is 5.83. The first-order chi connectivity index (χ1) is 7.17. The van der Waals surface area contributed by atoms with Crippen molar-refractivity contribution in [2.75, 3.05) is 0 Å². The van der Waals surface area contributed by atoms with Crippen LogP contribution in [0.2, 0.25) is 0 Å². The van der Waals surface area contributed by atoms with Crippen LogP contribution in [0.4, 0.5) is 0 Å². The Morgan fingerprint density at radius 1 is 1.31 bits per heavy atom. The minimum atomic E-state index is -1.34. The number of halogens is 3. The van der Waals surface area contributed by atoms with Crippen LogP contribution in [0.1, 0.15) is 33.6 Å². The Bertz CT molecular complexity index is 261. The number of ether oxygens (including phenoxy) is 1. The second-order valence-electron chi connectivity index (χ2n) is 3.99. The van der Waals surface area contributed by atoms with Crippen LogP contribution in [0.5, 0.6) is 0 Å². The lowest BCUT2D eigenvalue weighted by Crippen LogP contribution is -2.10. The second kappa shape index (κ2) is 7.11. The van der Waals surface area contributed by atoms with Crippen LogP contribution < -0.4 is 0 Å². The normalized spacial score (nSPS) is 14.6. The van der Waals surface area contributed by atoms with E-state index in [4.69, 9.17) is 39.5 Å². The zero-order valence-electron chi connectivity index (χ0n) is 9.77. The number of rotatable bonds is 5. The quantitative estimate of drug-likeness (QED) is 0.293. The van der Waals surface area contributed by atoms with Gasteiger partial charge in [-0.3, -0.25) is 0 Å². The fraction of sp³-hybridized carbons (Fsp3) is 0.636. The smallest absolute Gasteiger partial charge is 0.212 e. The van der Waals surface area contributed by atoms with Crippen LogP contribution in [-0.2, 0) is 4.74 Å². The summed E-state index contributed by atoms with van der Waals surface area (Å²) in [6.07, 6.45) is 6.82. The lowest BCUT2D eigenvalue weighted by Gasteiger charge is -2.17. The summed E-state index contributed by atoms with van der Waals surface area (Å²) >= 11 is 17.5. The van der Waals surface area contributed by atoms with Crippen molar-refractivity contribution >= 4 is 44.0 Å². The fourth-order valence-corrected chi connectivity index (χ4v) is 1.51. The summed E-state index contributed by atoms with van der Waals surface area (Å²) in [4.78, 5) is 0. The first-order valence-corrected chi connectivity index (χ1v) is 6.77. The Balaban J connectivity index is 4.47. The van der Waals surface area contributed by atoms with Gasteiger partial charge in [0.15, 0.2) is 0 Å². The lowest BCUT2D eigenvalue weighted by molar-refractivity contribution is 0.145. The van der Waals surface area contributed by atoms with Crippen LogP contribution >= 0.6 is 44.0 Å². The molecule has 0 amide bonds. The van der Waals surface area contributed by atoms with Crippen LogP contribution in [0.3, 0.4) is 0 Å². The molecule has 0 N–H and O–H groups in total. The standard InChI is InChI=1S/C11H18Cl3OP/c1-4-6-9(11(12,13)14)7-5-8-15-10(2,3)16/h5,7-8H,4,6,16H2,1-3H3/b8-5+,9-7+. The zero-order chi connectivity index (χ0) is 12.8. The molecule has 0 fully saturated rings. The van der Waals surface area contributed by atoms with E-state index in [-0.39, 0.29) is 5.34 Å². The summed E-state index contributed by atoms with van der Waals surface area (Å²) in [5.41, 5.74) is 0.765. The van der Waals surface area contributed by atoms with Gasteiger partial charge in [0.05, 0.1) is 6.26 Å². The summed E-state index contributed by atoms with van der Waals surface area (Å²) < 4.78 is 4.04. The summed E-state index contributed by atoms with van der Waals surface area (Å²) in [5, 5.41) is -0.282. The molecule has 5 heteroatoms.